The number of benzene rings is 2. The lowest BCUT2D eigenvalue weighted by molar-refractivity contribution is -0.148. The number of nitrogens with zero attached hydrogens (tertiary/aromatic N) is 1. The van der Waals surface area contributed by atoms with Crippen LogP contribution < -0.4 is 0 Å². The molecule has 0 heterocycles. The van der Waals surface area contributed by atoms with Gasteiger partial charge in [-0.1, -0.05) is 42.5 Å². The Labute approximate surface area is 124 Å². The molecule has 0 saturated heterocycles. The Hall–Kier alpha value is -2.36. The molecule has 110 valence electrons. The molecule has 4 heteroatoms. The first-order valence-electron chi connectivity index (χ1n) is 6.90. The molecule has 1 amide bonds. The molecule has 0 saturated carbocycles. The number of carboxylic acid groups (broad SMARTS) is 1. The van der Waals surface area contributed by atoms with Crippen LogP contribution >= 0.6 is 0 Å². The second kappa shape index (κ2) is 5.95. The maximum Gasteiger partial charge on any atom is 0.326 e. The molecule has 4 nitrogen and oxygen atoms in total. The third kappa shape index (κ3) is 3.05. The number of carbonyl (C=O) groups excluding carboxylic acids is 1. The van der Waals surface area contributed by atoms with E-state index >= 15 is 0 Å². The zero-order chi connectivity index (χ0) is 15.6. The minimum Gasteiger partial charge on any atom is -0.480 e. The van der Waals surface area contributed by atoms with Crippen LogP contribution in [0.3, 0.4) is 0 Å². The van der Waals surface area contributed by atoms with E-state index in [2.05, 4.69) is 0 Å². The summed E-state index contributed by atoms with van der Waals surface area (Å²) in [7, 11) is 1.53. The number of carbonyl (C=O) groups is 2. The van der Waals surface area contributed by atoms with Gasteiger partial charge in [-0.3, -0.25) is 4.79 Å². The molecule has 0 spiro atoms. The standard InChI is InChI=1S/C17H19NO3/c1-11(16(19)18(3)12(2)17(20)21)14-9-8-13-6-4-5-7-15(13)10-14/h4-12H,1-3H3,(H,20,21). The Bertz CT molecular complexity index is 681. The highest BCUT2D eigenvalue weighted by atomic mass is 16.4. The largest absolute Gasteiger partial charge is 0.480 e. The van der Waals surface area contributed by atoms with Crippen molar-refractivity contribution in [3.8, 4) is 0 Å². The van der Waals surface area contributed by atoms with Gasteiger partial charge in [0.2, 0.25) is 5.91 Å². The number of fused-ring (bicyclic) bond motifs is 1. The molecule has 21 heavy (non-hydrogen) atoms. The number of amides is 1. The highest BCUT2D eigenvalue weighted by Crippen LogP contribution is 2.23. The number of carboxylic acids is 1. The van der Waals surface area contributed by atoms with Gasteiger partial charge in [-0.15, -0.1) is 0 Å². The van der Waals surface area contributed by atoms with Crippen LogP contribution in [0.2, 0.25) is 0 Å². The quantitative estimate of drug-likeness (QED) is 0.939. The van der Waals surface area contributed by atoms with E-state index in [0.717, 1.165) is 16.3 Å². The lowest BCUT2D eigenvalue weighted by Crippen LogP contribution is -2.42. The van der Waals surface area contributed by atoms with Crippen LogP contribution in [-0.4, -0.2) is 35.0 Å². The molecule has 0 aliphatic heterocycles. The molecule has 2 atom stereocenters. The summed E-state index contributed by atoms with van der Waals surface area (Å²) in [6.45, 7) is 3.31. The fraction of sp³-hybridized carbons (Fsp3) is 0.294. The monoisotopic (exact) mass is 285 g/mol. The first-order chi connectivity index (χ1) is 9.91. The minimum absolute atomic E-state index is 0.194. The van der Waals surface area contributed by atoms with Gasteiger partial charge in [-0.25, -0.2) is 4.79 Å². The minimum atomic E-state index is -1.00. The molecule has 0 fully saturated rings. The Morgan fingerprint density at radius 2 is 1.67 bits per heavy atom. The Morgan fingerprint density at radius 1 is 1.05 bits per heavy atom. The number of likely N-dealkylation sites (N-methyl/N-ethyl adjacent to an activating group) is 1. The van der Waals surface area contributed by atoms with E-state index in [-0.39, 0.29) is 11.8 Å². The van der Waals surface area contributed by atoms with Crippen LogP contribution in [0.15, 0.2) is 42.5 Å². The van der Waals surface area contributed by atoms with Gasteiger partial charge in [0.25, 0.3) is 0 Å². The third-order valence-corrected chi connectivity index (χ3v) is 3.93. The van der Waals surface area contributed by atoms with E-state index in [0.29, 0.717) is 0 Å². The Balaban J connectivity index is 2.26. The van der Waals surface area contributed by atoms with Crippen molar-refractivity contribution >= 4 is 22.6 Å². The SMILES string of the molecule is CC(C(=O)N(C)C(C)C(=O)O)c1ccc2ccccc2c1. The van der Waals surface area contributed by atoms with Gasteiger partial charge in [0.05, 0.1) is 5.92 Å². The van der Waals surface area contributed by atoms with E-state index in [4.69, 9.17) is 5.11 Å². The van der Waals surface area contributed by atoms with E-state index in [1.807, 2.05) is 42.5 Å². The smallest absolute Gasteiger partial charge is 0.326 e. The summed E-state index contributed by atoms with van der Waals surface area (Å²) >= 11 is 0. The highest BCUT2D eigenvalue weighted by molar-refractivity contribution is 5.89. The predicted molar refractivity (Wildman–Crippen MR) is 82.2 cm³/mol. The predicted octanol–water partition coefficient (Wildman–Crippen LogP) is 2.87. The van der Waals surface area contributed by atoms with Crippen molar-refractivity contribution in [2.24, 2.45) is 0 Å². The molecule has 2 aromatic rings. The third-order valence-electron chi connectivity index (χ3n) is 3.93. The van der Waals surface area contributed by atoms with Crippen molar-refractivity contribution in [3.63, 3.8) is 0 Å². The summed E-state index contributed by atoms with van der Waals surface area (Å²) in [4.78, 5) is 24.7. The van der Waals surface area contributed by atoms with Crippen LogP contribution in [0.25, 0.3) is 10.8 Å². The summed E-state index contributed by atoms with van der Waals surface area (Å²) in [6.07, 6.45) is 0. The Morgan fingerprint density at radius 3 is 2.29 bits per heavy atom. The van der Waals surface area contributed by atoms with E-state index in [1.54, 1.807) is 6.92 Å². The van der Waals surface area contributed by atoms with Crippen molar-refractivity contribution < 1.29 is 14.7 Å². The van der Waals surface area contributed by atoms with Gasteiger partial charge in [-0.2, -0.15) is 0 Å². The average molecular weight is 285 g/mol. The molecule has 0 bridgehead atoms. The number of aliphatic carboxylic acids is 1. The molecule has 0 radical (unpaired) electrons. The molecule has 2 rings (SSSR count). The summed E-state index contributed by atoms with van der Waals surface area (Å²) in [5.41, 5.74) is 0.892. The lowest BCUT2D eigenvalue weighted by atomic mass is 9.96. The first kappa shape index (κ1) is 15.0. The van der Waals surface area contributed by atoms with Crippen molar-refractivity contribution in [1.29, 1.82) is 0 Å². The topological polar surface area (TPSA) is 57.6 Å². The van der Waals surface area contributed by atoms with E-state index < -0.39 is 12.0 Å². The maximum absolute atomic E-state index is 12.4. The lowest BCUT2D eigenvalue weighted by Gasteiger charge is -2.25. The number of rotatable bonds is 4. The van der Waals surface area contributed by atoms with Crippen molar-refractivity contribution in [3.05, 3.63) is 48.0 Å². The highest BCUT2D eigenvalue weighted by Gasteiger charge is 2.26. The molecule has 0 aliphatic rings. The molecule has 2 aromatic carbocycles. The molecule has 1 N–H and O–H groups in total. The van der Waals surface area contributed by atoms with Crippen LogP contribution in [0.1, 0.15) is 25.3 Å². The second-order valence-corrected chi connectivity index (χ2v) is 5.29. The molecular formula is C17H19NO3. The van der Waals surface area contributed by atoms with E-state index in [1.165, 1.54) is 18.9 Å². The van der Waals surface area contributed by atoms with Crippen LogP contribution in [0.5, 0.6) is 0 Å². The molecule has 0 aromatic heterocycles. The summed E-state index contributed by atoms with van der Waals surface area (Å²) < 4.78 is 0. The van der Waals surface area contributed by atoms with Crippen molar-refractivity contribution in [2.45, 2.75) is 25.8 Å². The number of hydrogen-bond acceptors (Lipinski definition) is 2. The van der Waals surface area contributed by atoms with E-state index in [9.17, 15) is 9.59 Å². The zero-order valence-corrected chi connectivity index (χ0v) is 12.4. The average Bonchev–Trinajstić information content (AvgIpc) is 2.51. The summed E-state index contributed by atoms with van der Waals surface area (Å²) in [5, 5.41) is 11.2. The fourth-order valence-electron chi connectivity index (χ4n) is 2.28. The zero-order valence-electron chi connectivity index (χ0n) is 12.4. The number of hydrogen-bond donors (Lipinski definition) is 1. The van der Waals surface area contributed by atoms with Crippen molar-refractivity contribution in [1.82, 2.24) is 4.90 Å². The maximum atomic E-state index is 12.4. The van der Waals surface area contributed by atoms with Crippen molar-refractivity contribution in [2.75, 3.05) is 7.05 Å². The first-order valence-corrected chi connectivity index (χ1v) is 6.90. The van der Waals surface area contributed by atoms with Gasteiger partial charge in [0.1, 0.15) is 6.04 Å². The van der Waals surface area contributed by atoms with Gasteiger partial charge in [-0.05, 0) is 30.2 Å². The summed E-state index contributed by atoms with van der Waals surface area (Å²) in [5.74, 6) is -1.57. The Kier molecular flexibility index (Phi) is 4.26. The molecule has 0 aliphatic carbocycles. The van der Waals surface area contributed by atoms with Gasteiger partial charge < -0.3 is 10.0 Å². The van der Waals surface area contributed by atoms with Crippen LogP contribution in [0, 0.1) is 0 Å². The normalized spacial score (nSPS) is 13.7. The van der Waals surface area contributed by atoms with Gasteiger partial charge in [0.15, 0.2) is 0 Å². The van der Waals surface area contributed by atoms with Crippen LogP contribution in [0.4, 0.5) is 0 Å². The van der Waals surface area contributed by atoms with Crippen LogP contribution in [-0.2, 0) is 9.59 Å². The summed E-state index contributed by atoms with van der Waals surface area (Å²) in [6, 6.07) is 13.0. The molecular weight excluding hydrogens is 266 g/mol. The van der Waals surface area contributed by atoms with Gasteiger partial charge >= 0.3 is 5.97 Å². The molecule has 2 unspecified atom stereocenters. The fourth-order valence-corrected chi connectivity index (χ4v) is 2.28. The second-order valence-electron chi connectivity index (χ2n) is 5.29. The van der Waals surface area contributed by atoms with Gasteiger partial charge in [0, 0.05) is 7.05 Å².